The Kier molecular flexibility index (Phi) is 6.47. The van der Waals surface area contributed by atoms with Gasteiger partial charge < -0.3 is 15.2 Å². The van der Waals surface area contributed by atoms with Crippen molar-refractivity contribution >= 4 is 28.9 Å². The molecule has 0 fully saturated rings. The van der Waals surface area contributed by atoms with Gasteiger partial charge in [-0.3, -0.25) is 4.79 Å². The Morgan fingerprint density at radius 3 is 2.55 bits per heavy atom. The van der Waals surface area contributed by atoms with E-state index in [0.29, 0.717) is 30.1 Å². The topological polar surface area (TPSA) is 93.5 Å². The van der Waals surface area contributed by atoms with Crippen LogP contribution in [-0.2, 0) is 4.79 Å². The van der Waals surface area contributed by atoms with Gasteiger partial charge in [-0.2, -0.15) is 5.10 Å². The van der Waals surface area contributed by atoms with Gasteiger partial charge >= 0.3 is 5.97 Å². The summed E-state index contributed by atoms with van der Waals surface area (Å²) in [5.41, 5.74) is 4.69. The third kappa shape index (κ3) is 4.50. The molecule has 8 heteroatoms. The number of carbonyl (C=O) groups is 2. The molecule has 5 aromatic rings. The van der Waals surface area contributed by atoms with Crippen LogP contribution in [0.2, 0.25) is 0 Å². The fraction of sp³-hybridized carbons (Fsp3) is 0.147. The summed E-state index contributed by atoms with van der Waals surface area (Å²) >= 11 is 1.66. The number of Topliss-reactive ketones (excluding diaryl/α,β-unsaturated/α-hetero) is 1. The van der Waals surface area contributed by atoms with Crippen molar-refractivity contribution in [2.45, 2.75) is 31.6 Å². The lowest BCUT2D eigenvalue weighted by molar-refractivity contribution is -0.116. The van der Waals surface area contributed by atoms with Crippen molar-refractivity contribution in [1.29, 1.82) is 0 Å². The van der Waals surface area contributed by atoms with Crippen LogP contribution >= 0.6 is 11.3 Å². The number of anilines is 1. The number of aromatic nitrogens is 2. The Morgan fingerprint density at radius 2 is 1.76 bits per heavy atom. The van der Waals surface area contributed by atoms with Gasteiger partial charge in [0.15, 0.2) is 5.78 Å². The monoisotopic (exact) mass is 573 g/mol. The molecular weight excluding hydrogens is 546 g/mol. The van der Waals surface area contributed by atoms with Gasteiger partial charge in [-0.15, -0.1) is 11.3 Å². The van der Waals surface area contributed by atoms with Crippen molar-refractivity contribution in [3.63, 3.8) is 0 Å². The number of nitrogens with zero attached hydrogens (tertiary/aromatic N) is 2. The van der Waals surface area contributed by atoms with Crippen molar-refractivity contribution in [2.24, 2.45) is 0 Å². The highest BCUT2D eigenvalue weighted by Crippen LogP contribution is 2.50. The first kappa shape index (κ1) is 26.0. The highest BCUT2D eigenvalue weighted by Gasteiger charge is 2.41. The fourth-order valence-corrected chi connectivity index (χ4v) is 6.96. The third-order valence-corrected chi connectivity index (χ3v) is 8.97. The van der Waals surface area contributed by atoms with Crippen LogP contribution in [0.25, 0.3) is 5.69 Å². The number of carboxylic acids is 1. The second-order valence-corrected chi connectivity index (χ2v) is 11.5. The van der Waals surface area contributed by atoms with Gasteiger partial charge in [0, 0.05) is 40.0 Å². The minimum atomic E-state index is -1.03. The molecule has 0 radical (unpaired) electrons. The molecule has 42 heavy (non-hydrogen) atoms. The highest BCUT2D eigenvalue weighted by atomic mass is 32.1. The number of nitrogens with one attached hydrogen (secondary N) is 1. The van der Waals surface area contributed by atoms with Gasteiger partial charge in [0.1, 0.15) is 17.3 Å². The van der Waals surface area contributed by atoms with E-state index in [4.69, 9.17) is 9.84 Å². The van der Waals surface area contributed by atoms with Gasteiger partial charge in [0.25, 0.3) is 0 Å². The lowest BCUT2D eigenvalue weighted by Crippen LogP contribution is -2.30. The number of rotatable bonds is 6. The summed E-state index contributed by atoms with van der Waals surface area (Å²) in [4.78, 5) is 27.3. The number of para-hydroxylation sites is 2. The number of fused-ring (bicyclic) bond motifs is 1. The summed E-state index contributed by atoms with van der Waals surface area (Å²) < 4.78 is 7.85. The van der Waals surface area contributed by atoms with Gasteiger partial charge in [-0.25, -0.2) is 9.48 Å². The Bertz CT molecular complexity index is 1860. The largest absolute Gasteiger partial charge is 0.478 e. The molecule has 2 atom stereocenters. The lowest BCUT2D eigenvalue weighted by atomic mass is 9.73. The molecule has 208 valence electrons. The first-order valence-electron chi connectivity index (χ1n) is 13.8. The maximum atomic E-state index is 14.0. The quantitative estimate of drug-likeness (QED) is 0.216. The number of carboxylic acid groups (broad SMARTS) is 1. The van der Waals surface area contributed by atoms with Crippen LogP contribution in [0.15, 0.2) is 108 Å². The fourth-order valence-electron chi connectivity index (χ4n) is 6.13. The predicted octanol–water partition coefficient (Wildman–Crippen LogP) is 7.69. The lowest BCUT2D eigenvalue weighted by Gasteiger charge is -2.35. The van der Waals surface area contributed by atoms with E-state index in [1.807, 2.05) is 73.0 Å². The Hall–Kier alpha value is -4.95. The zero-order chi connectivity index (χ0) is 28.8. The van der Waals surface area contributed by atoms with E-state index in [-0.39, 0.29) is 17.3 Å². The summed E-state index contributed by atoms with van der Waals surface area (Å²) in [6.45, 7) is 1.91. The van der Waals surface area contributed by atoms with Crippen LogP contribution in [0, 0.1) is 6.92 Å². The predicted molar refractivity (Wildman–Crippen MR) is 162 cm³/mol. The summed E-state index contributed by atoms with van der Waals surface area (Å²) in [7, 11) is 0. The maximum absolute atomic E-state index is 14.0. The van der Waals surface area contributed by atoms with Crippen LogP contribution < -0.4 is 10.1 Å². The van der Waals surface area contributed by atoms with E-state index >= 15 is 0 Å². The highest BCUT2D eigenvalue weighted by molar-refractivity contribution is 7.10. The summed E-state index contributed by atoms with van der Waals surface area (Å²) in [6.07, 6.45) is 1.10. The maximum Gasteiger partial charge on any atom is 0.337 e. The Morgan fingerprint density at radius 1 is 0.976 bits per heavy atom. The minimum Gasteiger partial charge on any atom is -0.478 e. The molecule has 3 heterocycles. The molecule has 0 spiro atoms. The number of ether oxygens (including phenoxy) is 1. The number of hydrogen-bond acceptors (Lipinski definition) is 6. The van der Waals surface area contributed by atoms with Crippen LogP contribution in [-0.4, -0.2) is 26.6 Å². The third-order valence-electron chi connectivity index (χ3n) is 7.94. The Labute approximate surface area is 246 Å². The van der Waals surface area contributed by atoms with Gasteiger partial charge in [0.05, 0.1) is 16.9 Å². The first-order chi connectivity index (χ1) is 20.5. The SMILES string of the molecule is Cc1nn(-c2ccccc2C(=O)O)c2c1[C@H](c1cccc(Oc3ccccc3)c1)C1=C(C[C@H](c3cccs3)CC1=O)N2. The van der Waals surface area contributed by atoms with Gasteiger partial charge in [-0.05, 0) is 66.8 Å². The number of carbonyl (C=O) groups excluding carboxylic acids is 1. The van der Waals surface area contributed by atoms with Gasteiger partial charge in [0.2, 0.25) is 0 Å². The molecule has 1 aliphatic heterocycles. The van der Waals surface area contributed by atoms with Crippen LogP contribution in [0.4, 0.5) is 5.82 Å². The average molecular weight is 574 g/mol. The second-order valence-electron chi connectivity index (χ2n) is 10.6. The van der Waals surface area contributed by atoms with E-state index < -0.39 is 11.9 Å². The molecule has 7 nitrogen and oxygen atoms in total. The molecule has 2 aromatic heterocycles. The number of allylic oxidation sites excluding steroid dienone is 2. The number of aryl methyl sites for hydroxylation is 1. The van der Waals surface area contributed by atoms with Crippen molar-refractivity contribution in [3.8, 4) is 17.2 Å². The van der Waals surface area contributed by atoms with Crippen molar-refractivity contribution < 1.29 is 19.4 Å². The van der Waals surface area contributed by atoms with Crippen molar-refractivity contribution in [3.05, 3.63) is 135 Å². The standard InChI is InChI=1S/C34H27N3O4S/c1-20-30-31(21-9-7-12-24(17-21)41-23-10-3-2-4-11-23)32-26(18-22(19-28(32)38)29-15-8-16-42-29)35-33(30)37(36-20)27-14-6-5-13-25(27)34(39)40/h2-17,22,31,35H,18-19H2,1H3,(H,39,40)/t22-,31-/m0/s1. The summed E-state index contributed by atoms with van der Waals surface area (Å²) in [6, 6.07) is 28.4. The molecular formula is C34H27N3O4S. The second kappa shape index (κ2) is 10.5. The van der Waals surface area contributed by atoms with Crippen LogP contribution in [0.3, 0.4) is 0 Å². The number of thiophene rings is 1. The Balaban J connectivity index is 1.40. The number of benzene rings is 3. The molecule has 0 saturated heterocycles. The van der Waals surface area contributed by atoms with E-state index in [2.05, 4.69) is 11.4 Å². The van der Waals surface area contributed by atoms with E-state index in [9.17, 15) is 14.7 Å². The van der Waals surface area contributed by atoms with Crippen molar-refractivity contribution in [1.82, 2.24) is 9.78 Å². The number of ketones is 1. The van der Waals surface area contributed by atoms with E-state index in [1.165, 1.54) is 4.88 Å². The molecule has 0 bridgehead atoms. The molecule has 2 aliphatic rings. The van der Waals surface area contributed by atoms with Crippen LogP contribution in [0.5, 0.6) is 11.5 Å². The zero-order valence-electron chi connectivity index (χ0n) is 22.8. The number of hydrogen-bond donors (Lipinski definition) is 2. The van der Waals surface area contributed by atoms with Gasteiger partial charge in [-0.1, -0.05) is 48.5 Å². The summed E-state index contributed by atoms with van der Waals surface area (Å²) in [5.74, 6) is 0.824. The molecule has 0 amide bonds. The normalized spacial score (nSPS) is 17.8. The van der Waals surface area contributed by atoms with E-state index in [0.717, 1.165) is 33.8 Å². The zero-order valence-corrected chi connectivity index (χ0v) is 23.6. The smallest absolute Gasteiger partial charge is 0.337 e. The van der Waals surface area contributed by atoms with E-state index in [1.54, 1.807) is 40.3 Å². The molecule has 0 unspecified atom stereocenters. The number of aromatic carboxylic acids is 1. The molecule has 0 saturated carbocycles. The van der Waals surface area contributed by atoms with Crippen molar-refractivity contribution in [2.75, 3.05) is 5.32 Å². The minimum absolute atomic E-state index is 0.0717. The molecule has 1 aliphatic carbocycles. The first-order valence-corrected chi connectivity index (χ1v) is 14.7. The molecule has 3 aromatic carbocycles. The molecule has 7 rings (SSSR count). The van der Waals surface area contributed by atoms with Crippen LogP contribution in [0.1, 0.15) is 56.7 Å². The molecule has 2 N–H and O–H groups in total. The average Bonchev–Trinajstić information content (AvgIpc) is 3.65. The summed E-state index contributed by atoms with van der Waals surface area (Å²) in [5, 5.41) is 20.4.